The van der Waals surface area contributed by atoms with E-state index in [2.05, 4.69) is 6.92 Å². The molecule has 0 atom stereocenters. The van der Waals surface area contributed by atoms with Gasteiger partial charge < -0.3 is 14.4 Å². The Hall–Kier alpha value is -1.71. The van der Waals surface area contributed by atoms with Crippen molar-refractivity contribution in [2.75, 3.05) is 26.2 Å². The summed E-state index contributed by atoms with van der Waals surface area (Å²) in [6.07, 6.45) is 2.50. The van der Waals surface area contributed by atoms with E-state index in [0.29, 0.717) is 17.9 Å². The SMILES string of the molecule is CCCCC(=O)N(C)c1ccc(OC)c(OC)c1. The Bertz CT molecular complexity index is 404. The van der Waals surface area contributed by atoms with E-state index in [1.807, 2.05) is 12.1 Å². The number of nitrogens with zero attached hydrogens (tertiary/aromatic N) is 1. The zero-order chi connectivity index (χ0) is 13.5. The van der Waals surface area contributed by atoms with Gasteiger partial charge in [0.25, 0.3) is 0 Å². The summed E-state index contributed by atoms with van der Waals surface area (Å²) in [6.45, 7) is 2.07. The van der Waals surface area contributed by atoms with Crippen LogP contribution in [0.25, 0.3) is 0 Å². The monoisotopic (exact) mass is 251 g/mol. The first-order valence-electron chi connectivity index (χ1n) is 6.12. The van der Waals surface area contributed by atoms with E-state index in [1.54, 1.807) is 32.2 Å². The average molecular weight is 251 g/mol. The molecule has 4 heteroatoms. The number of amides is 1. The predicted octanol–water partition coefficient (Wildman–Crippen LogP) is 2.86. The van der Waals surface area contributed by atoms with Gasteiger partial charge in [0.2, 0.25) is 5.91 Å². The molecule has 0 bridgehead atoms. The van der Waals surface area contributed by atoms with Gasteiger partial charge in [-0.05, 0) is 18.6 Å². The average Bonchev–Trinajstić information content (AvgIpc) is 2.42. The first-order valence-corrected chi connectivity index (χ1v) is 6.12. The normalized spacial score (nSPS) is 10.0. The maximum Gasteiger partial charge on any atom is 0.226 e. The third kappa shape index (κ3) is 3.39. The van der Waals surface area contributed by atoms with Gasteiger partial charge in [-0.25, -0.2) is 0 Å². The lowest BCUT2D eigenvalue weighted by atomic mass is 10.2. The molecule has 0 saturated carbocycles. The molecule has 0 radical (unpaired) electrons. The van der Waals surface area contributed by atoms with Crippen molar-refractivity contribution in [3.05, 3.63) is 18.2 Å². The predicted molar refractivity (Wildman–Crippen MR) is 72.5 cm³/mol. The van der Waals surface area contributed by atoms with Crippen molar-refractivity contribution in [2.45, 2.75) is 26.2 Å². The number of rotatable bonds is 6. The Morgan fingerprint density at radius 3 is 2.44 bits per heavy atom. The second kappa shape index (κ2) is 6.89. The van der Waals surface area contributed by atoms with Crippen LogP contribution in [0, 0.1) is 0 Å². The molecule has 4 nitrogen and oxygen atoms in total. The second-order valence-electron chi connectivity index (χ2n) is 4.10. The molecular weight excluding hydrogens is 230 g/mol. The number of unbranched alkanes of at least 4 members (excludes halogenated alkanes) is 1. The minimum Gasteiger partial charge on any atom is -0.493 e. The number of ether oxygens (including phenoxy) is 2. The molecule has 0 aliphatic carbocycles. The Kier molecular flexibility index (Phi) is 5.49. The minimum atomic E-state index is 0.115. The van der Waals surface area contributed by atoms with E-state index < -0.39 is 0 Å². The Balaban J connectivity index is 2.85. The van der Waals surface area contributed by atoms with Crippen molar-refractivity contribution in [1.29, 1.82) is 0 Å². The highest BCUT2D eigenvalue weighted by Crippen LogP contribution is 2.31. The van der Waals surface area contributed by atoms with Crippen LogP contribution in [0.4, 0.5) is 5.69 Å². The zero-order valence-corrected chi connectivity index (χ0v) is 11.5. The van der Waals surface area contributed by atoms with Gasteiger partial charge in [0.05, 0.1) is 14.2 Å². The first kappa shape index (κ1) is 14.4. The Morgan fingerprint density at radius 2 is 1.89 bits per heavy atom. The topological polar surface area (TPSA) is 38.8 Å². The van der Waals surface area contributed by atoms with Crippen LogP contribution in [0.5, 0.6) is 11.5 Å². The number of anilines is 1. The number of hydrogen-bond acceptors (Lipinski definition) is 3. The van der Waals surface area contributed by atoms with E-state index in [9.17, 15) is 4.79 Å². The van der Waals surface area contributed by atoms with Gasteiger partial charge in [0.15, 0.2) is 11.5 Å². The van der Waals surface area contributed by atoms with Crippen LogP contribution in [0.15, 0.2) is 18.2 Å². The van der Waals surface area contributed by atoms with Crippen molar-refractivity contribution in [1.82, 2.24) is 0 Å². The summed E-state index contributed by atoms with van der Waals surface area (Å²) in [7, 11) is 4.95. The molecular formula is C14H21NO3. The van der Waals surface area contributed by atoms with Gasteiger partial charge in [0, 0.05) is 25.2 Å². The maximum absolute atomic E-state index is 11.9. The molecule has 0 aliphatic rings. The lowest BCUT2D eigenvalue weighted by Gasteiger charge is -2.19. The molecule has 0 heterocycles. The molecule has 18 heavy (non-hydrogen) atoms. The molecule has 0 saturated heterocycles. The summed E-state index contributed by atoms with van der Waals surface area (Å²) in [6, 6.07) is 5.46. The molecule has 0 N–H and O–H groups in total. The van der Waals surface area contributed by atoms with E-state index >= 15 is 0 Å². The molecule has 0 spiro atoms. The molecule has 0 aromatic heterocycles. The van der Waals surface area contributed by atoms with Crippen molar-refractivity contribution < 1.29 is 14.3 Å². The largest absolute Gasteiger partial charge is 0.493 e. The van der Waals surface area contributed by atoms with E-state index in [1.165, 1.54) is 0 Å². The van der Waals surface area contributed by atoms with E-state index in [0.717, 1.165) is 18.5 Å². The van der Waals surface area contributed by atoms with E-state index in [4.69, 9.17) is 9.47 Å². The first-order chi connectivity index (χ1) is 8.63. The molecule has 100 valence electrons. The molecule has 0 fully saturated rings. The highest BCUT2D eigenvalue weighted by Gasteiger charge is 2.12. The van der Waals surface area contributed by atoms with Crippen molar-refractivity contribution >= 4 is 11.6 Å². The molecule has 1 amide bonds. The smallest absolute Gasteiger partial charge is 0.226 e. The molecule has 1 rings (SSSR count). The fourth-order valence-electron chi connectivity index (χ4n) is 1.67. The van der Waals surface area contributed by atoms with Crippen LogP contribution < -0.4 is 14.4 Å². The second-order valence-corrected chi connectivity index (χ2v) is 4.10. The van der Waals surface area contributed by atoms with Crippen molar-refractivity contribution in [2.24, 2.45) is 0 Å². The summed E-state index contributed by atoms with van der Waals surface area (Å²) in [5.74, 6) is 1.41. The third-order valence-corrected chi connectivity index (χ3v) is 2.87. The van der Waals surface area contributed by atoms with Gasteiger partial charge in [-0.3, -0.25) is 4.79 Å². The van der Waals surface area contributed by atoms with Gasteiger partial charge in [-0.1, -0.05) is 13.3 Å². The van der Waals surface area contributed by atoms with Crippen LogP contribution in [0.2, 0.25) is 0 Å². The minimum absolute atomic E-state index is 0.115. The van der Waals surface area contributed by atoms with Gasteiger partial charge in [0.1, 0.15) is 0 Å². The van der Waals surface area contributed by atoms with Crippen molar-refractivity contribution in [3.8, 4) is 11.5 Å². The zero-order valence-electron chi connectivity index (χ0n) is 11.5. The van der Waals surface area contributed by atoms with Gasteiger partial charge in [-0.2, -0.15) is 0 Å². The fourth-order valence-corrected chi connectivity index (χ4v) is 1.67. The Labute approximate surface area is 108 Å². The lowest BCUT2D eigenvalue weighted by molar-refractivity contribution is -0.118. The van der Waals surface area contributed by atoms with Crippen LogP contribution in [0.3, 0.4) is 0 Å². The van der Waals surface area contributed by atoms with Crippen LogP contribution in [-0.4, -0.2) is 27.2 Å². The fraction of sp³-hybridized carbons (Fsp3) is 0.500. The summed E-state index contributed by atoms with van der Waals surface area (Å²) in [4.78, 5) is 13.6. The van der Waals surface area contributed by atoms with Gasteiger partial charge >= 0.3 is 0 Å². The molecule has 1 aromatic carbocycles. The van der Waals surface area contributed by atoms with Crippen LogP contribution >= 0.6 is 0 Å². The third-order valence-electron chi connectivity index (χ3n) is 2.87. The number of benzene rings is 1. The highest BCUT2D eigenvalue weighted by molar-refractivity contribution is 5.93. The number of carbonyl (C=O) groups excluding carboxylic acids is 1. The molecule has 0 unspecified atom stereocenters. The Morgan fingerprint density at radius 1 is 1.22 bits per heavy atom. The summed E-state index contributed by atoms with van der Waals surface area (Å²) < 4.78 is 10.4. The quantitative estimate of drug-likeness (QED) is 0.780. The summed E-state index contributed by atoms with van der Waals surface area (Å²) >= 11 is 0. The number of carbonyl (C=O) groups is 1. The summed E-state index contributed by atoms with van der Waals surface area (Å²) in [5.41, 5.74) is 0.814. The van der Waals surface area contributed by atoms with Crippen LogP contribution in [0.1, 0.15) is 26.2 Å². The lowest BCUT2D eigenvalue weighted by Crippen LogP contribution is -2.25. The maximum atomic E-state index is 11.9. The van der Waals surface area contributed by atoms with Gasteiger partial charge in [-0.15, -0.1) is 0 Å². The molecule has 1 aromatic rings. The van der Waals surface area contributed by atoms with Crippen LogP contribution in [-0.2, 0) is 4.79 Å². The van der Waals surface area contributed by atoms with E-state index in [-0.39, 0.29) is 5.91 Å². The number of methoxy groups -OCH3 is 2. The standard InChI is InChI=1S/C14H21NO3/c1-5-6-7-14(16)15(2)11-8-9-12(17-3)13(10-11)18-4/h8-10H,5-7H2,1-4H3. The van der Waals surface area contributed by atoms with Crippen molar-refractivity contribution in [3.63, 3.8) is 0 Å². The summed E-state index contributed by atoms with van der Waals surface area (Å²) in [5, 5.41) is 0. The number of hydrogen-bond donors (Lipinski definition) is 0. The molecule has 0 aliphatic heterocycles. The highest BCUT2D eigenvalue weighted by atomic mass is 16.5.